The lowest BCUT2D eigenvalue weighted by atomic mass is 9.94. The van der Waals surface area contributed by atoms with Crippen molar-refractivity contribution in [3.8, 4) is 0 Å². The number of aromatic nitrogens is 4. The summed E-state index contributed by atoms with van der Waals surface area (Å²) in [7, 11) is 0. The zero-order chi connectivity index (χ0) is 20.4. The summed E-state index contributed by atoms with van der Waals surface area (Å²) in [5, 5.41) is 0.460. The van der Waals surface area contributed by atoms with Gasteiger partial charge in [-0.25, -0.2) is 9.97 Å². The minimum absolute atomic E-state index is 0.00454. The van der Waals surface area contributed by atoms with E-state index < -0.39 is 5.92 Å². The summed E-state index contributed by atoms with van der Waals surface area (Å²) >= 11 is 0. The number of halogens is 2. The summed E-state index contributed by atoms with van der Waals surface area (Å²) in [4.78, 5) is 28.8. The van der Waals surface area contributed by atoms with Gasteiger partial charge < -0.3 is 0 Å². The van der Waals surface area contributed by atoms with Crippen molar-refractivity contribution in [3.05, 3.63) is 95.5 Å². The van der Waals surface area contributed by atoms with Crippen LogP contribution < -0.4 is 0 Å². The standard InChI is InChI=1S/C22H16F2N4O/c1-14-4-5-18(28-10-14)9-20(29)19-8-16(7-15-3-2-6-27-21(15)19)22(23,24)17-11-25-13-26-12-17/h2-8,10-13H,9H2,1H3. The average molecular weight is 390 g/mol. The first-order chi connectivity index (χ1) is 13.9. The number of Topliss-reactive ketones (excluding diaryl/α,β-unsaturated/α-hetero) is 1. The van der Waals surface area contributed by atoms with Gasteiger partial charge in [-0.05, 0) is 36.8 Å². The molecule has 0 fully saturated rings. The number of hydrogen-bond donors (Lipinski definition) is 0. The molecule has 4 aromatic rings. The second kappa shape index (κ2) is 7.43. The van der Waals surface area contributed by atoms with E-state index >= 15 is 8.78 Å². The number of nitrogens with zero attached hydrogens (tertiary/aromatic N) is 4. The number of hydrogen-bond acceptors (Lipinski definition) is 5. The molecule has 144 valence electrons. The highest BCUT2D eigenvalue weighted by molar-refractivity contribution is 6.07. The van der Waals surface area contributed by atoms with Crippen LogP contribution in [-0.2, 0) is 12.3 Å². The first-order valence-electron chi connectivity index (χ1n) is 8.92. The minimum Gasteiger partial charge on any atom is -0.294 e. The highest BCUT2D eigenvalue weighted by Crippen LogP contribution is 2.37. The molecule has 0 bridgehead atoms. The van der Waals surface area contributed by atoms with E-state index in [1.165, 1.54) is 24.7 Å². The van der Waals surface area contributed by atoms with Gasteiger partial charge in [0.05, 0.1) is 17.5 Å². The minimum atomic E-state index is -3.36. The molecule has 0 amide bonds. The largest absolute Gasteiger partial charge is 0.301 e. The Morgan fingerprint density at radius 1 is 1.00 bits per heavy atom. The van der Waals surface area contributed by atoms with Crippen molar-refractivity contribution in [2.75, 3.05) is 0 Å². The van der Waals surface area contributed by atoms with Crippen LogP contribution in [0.15, 0.2) is 67.5 Å². The molecule has 0 saturated heterocycles. The topological polar surface area (TPSA) is 68.6 Å². The summed E-state index contributed by atoms with van der Waals surface area (Å²) < 4.78 is 30.2. The Morgan fingerprint density at radius 2 is 1.79 bits per heavy atom. The molecule has 29 heavy (non-hydrogen) atoms. The second-order valence-corrected chi connectivity index (χ2v) is 6.73. The zero-order valence-electron chi connectivity index (χ0n) is 15.5. The fraction of sp³-hybridized carbons (Fsp3) is 0.136. The quantitative estimate of drug-likeness (QED) is 0.476. The number of carbonyl (C=O) groups excluding carboxylic acids is 1. The average Bonchev–Trinajstić information content (AvgIpc) is 2.75. The third-order valence-electron chi connectivity index (χ3n) is 4.61. The van der Waals surface area contributed by atoms with Gasteiger partial charge in [-0.3, -0.25) is 14.8 Å². The van der Waals surface area contributed by atoms with E-state index in [4.69, 9.17) is 0 Å². The summed E-state index contributed by atoms with van der Waals surface area (Å²) in [6.45, 7) is 1.90. The second-order valence-electron chi connectivity index (χ2n) is 6.73. The fourth-order valence-electron chi connectivity index (χ4n) is 3.08. The van der Waals surface area contributed by atoms with Gasteiger partial charge in [-0.1, -0.05) is 12.1 Å². The van der Waals surface area contributed by atoms with E-state index in [1.54, 1.807) is 24.4 Å². The number of ketones is 1. The maximum atomic E-state index is 15.1. The molecule has 0 aliphatic rings. The van der Waals surface area contributed by atoms with Crippen molar-refractivity contribution in [3.63, 3.8) is 0 Å². The molecule has 0 unspecified atom stereocenters. The van der Waals surface area contributed by atoms with Gasteiger partial charge in [-0.15, -0.1) is 0 Å². The lowest BCUT2D eigenvalue weighted by molar-refractivity contribution is 0.0421. The van der Waals surface area contributed by atoms with Gasteiger partial charge in [0.25, 0.3) is 0 Å². The van der Waals surface area contributed by atoms with E-state index in [-0.39, 0.29) is 28.9 Å². The predicted molar refractivity (Wildman–Crippen MR) is 104 cm³/mol. The van der Waals surface area contributed by atoms with Crippen LogP contribution in [0.4, 0.5) is 8.78 Å². The van der Waals surface area contributed by atoms with E-state index in [0.29, 0.717) is 16.6 Å². The highest BCUT2D eigenvalue weighted by atomic mass is 19.3. The molecule has 4 rings (SSSR count). The van der Waals surface area contributed by atoms with Gasteiger partial charge in [0.15, 0.2) is 5.78 Å². The lowest BCUT2D eigenvalue weighted by Gasteiger charge is -2.18. The van der Waals surface area contributed by atoms with E-state index in [9.17, 15) is 4.79 Å². The molecule has 0 aliphatic heterocycles. The van der Waals surface area contributed by atoms with Crippen LogP contribution in [0.25, 0.3) is 10.9 Å². The fourth-order valence-corrected chi connectivity index (χ4v) is 3.08. The number of alkyl halides is 2. The Bertz CT molecular complexity index is 1180. The number of rotatable bonds is 5. The zero-order valence-corrected chi connectivity index (χ0v) is 15.5. The van der Waals surface area contributed by atoms with Gasteiger partial charge in [0.1, 0.15) is 6.33 Å². The number of fused-ring (bicyclic) bond motifs is 1. The molecule has 0 aliphatic carbocycles. The van der Waals surface area contributed by atoms with Crippen molar-refractivity contribution in [2.24, 2.45) is 0 Å². The summed E-state index contributed by atoms with van der Waals surface area (Å²) in [6.07, 6.45) is 6.52. The van der Waals surface area contributed by atoms with Crippen LogP contribution in [-0.4, -0.2) is 25.7 Å². The first-order valence-corrected chi connectivity index (χ1v) is 8.92. The van der Waals surface area contributed by atoms with E-state index in [1.807, 2.05) is 13.0 Å². The SMILES string of the molecule is Cc1ccc(CC(=O)c2cc(C(F)(F)c3cncnc3)cc3cccnc23)nc1. The van der Waals surface area contributed by atoms with Crippen LogP contribution in [0.3, 0.4) is 0 Å². The third kappa shape index (κ3) is 3.71. The van der Waals surface area contributed by atoms with Crippen LogP contribution in [0.1, 0.15) is 32.7 Å². The predicted octanol–water partition coefficient (Wildman–Crippen LogP) is 4.29. The molecule has 1 aromatic carbocycles. The van der Waals surface area contributed by atoms with Crippen molar-refractivity contribution in [1.82, 2.24) is 19.9 Å². The summed E-state index contributed by atoms with van der Waals surface area (Å²) in [5.74, 6) is -3.69. The van der Waals surface area contributed by atoms with Crippen molar-refractivity contribution >= 4 is 16.7 Å². The molecule has 5 nitrogen and oxygen atoms in total. The maximum Gasteiger partial charge on any atom is 0.301 e. The highest BCUT2D eigenvalue weighted by Gasteiger charge is 2.36. The molecular formula is C22H16F2N4O. The summed E-state index contributed by atoms with van der Waals surface area (Å²) in [5.41, 5.74) is 1.40. The van der Waals surface area contributed by atoms with Crippen LogP contribution in [0, 0.1) is 6.92 Å². The van der Waals surface area contributed by atoms with Gasteiger partial charge in [-0.2, -0.15) is 8.78 Å². The molecule has 3 heterocycles. The number of benzene rings is 1. The normalized spacial score (nSPS) is 11.6. The molecule has 3 aromatic heterocycles. The molecule has 0 spiro atoms. The molecule has 0 atom stereocenters. The number of carbonyl (C=O) groups is 1. The lowest BCUT2D eigenvalue weighted by Crippen LogP contribution is -2.17. The number of aryl methyl sites for hydroxylation is 1. The van der Waals surface area contributed by atoms with E-state index in [2.05, 4.69) is 19.9 Å². The van der Waals surface area contributed by atoms with Crippen LogP contribution in [0.5, 0.6) is 0 Å². The molecule has 0 N–H and O–H groups in total. The van der Waals surface area contributed by atoms with Gasteiger partial charge in [0, 0.05) is 47.0 Å². The maximum absolute atomic E-state index is 15.1. The van der Waals surface area contributed by atoms with Crippen molar-refractivity contribution < 1.29 is 13.6 Å². The third-order valence-corrected chi connectivity index (χ3v) is 4.61. The summed E-state index contributed by atoms with van der Waals surface area (Å²) in [6, 6.07) is 9.46. The van der Waals surface area contributed by atoms with E-state index in [0.717, 1.165) is 18.0 Å². The smallest absolute Gasteiger partial charge is 0.294 e. The Labute approximate surface area is 165 Å². The molecule has 0 saturated carbocycles. The first kappa shape index (κ1) is 18.7. The Hall–Kier alpha value is -3.61. The molecule has 0 radical (unpaired) electrons. The van der Waals surface area contributed by atoms with Gasteiger partial charge in [0.2, 0.25) is 0 Å². The molecular weight excluding hydrogens is 374 g/mol. The van der Waals surface area contributed by atoms with Gasteiger partial charge >= 0.3 is 5.92 Å². The number of pyridine rings is 2. The van der Waals surface area contributed by atoms with Crippen LogP contribution in [0.2, 0.25) is 0 Å². The Morgan fingerprint density at radius 3 is 2.52 bits per heavy atom. The molecule has 7 heteroatoms. The van der Waals surface area contributed by atoms with Crippen molar-refractivity contribution in [1.29, 1.82) is 0 Å². The monoisotopic (exact) mass is 390 g/mol. The van der Waals surface area contributed by atoms with Crippen LogP contribution >= 0.6 is 0 Å². The Kier molecular flexibility index (Phi) is 4.80. The van der Waals surface area contributed by atoms with Crippen molar-refractivity contribution in [2.45, 2.75) is 19.3 Å². The Balaban J connectivity index is 1.81.